The predicted octanol–water partition coefficient (Wildman–Crippen LogP) is 2.35. The summed E-state index contributed by atoms with van der Waals surface area (Å²) in [5, 5.41) is 11.4. The van der Waals surface area contributed by atoms with Crippen LogP contribution in [-0.2, 0) is 9.53 Å². The zero-order valence-electron chi connectivity index (χ0n) is 23.1. The monoisotopic (exact) mass is 536 g/mol. The Hall–Kier alpha value is -1.93. The molecule has 0 atom stereocenters. The van der Waals surface area contributed by atoms with Crippen LogP contribution in [0.4, 0.5) is 0 Å². The number of carboxylic acid groups (broad SMARTS) is 1. The van der Waals surface area contributed by atoms with Gasteiger partial charge in [-0.25, -0.2) is 0 Å². The first-order chi connectivity index (χ1) is 18.1. The van der Waals surface area contributed by atoms with E-state index in [1.807, 2.05) is 48.5 Å². The number of hydrogen-bond acceptors (Lipinski definition) is 7. The maximum atomic E-state index is 11.4. The minimum atomic E-state index is -1.28. The number of hydrogen-bond donors (Lipinski definition) is 0. The molecule has 0 radical (unpaired) electrons. The van der Waals surface area contributed by atoms with Crippen LogP contribution in [0.5, 0.6) is 23.0 Å². The number of aliphatic carboxylic acids is 1. The van der Waals surface area contributed by atoms with Crippen molar-refractivity contribution in [1.29, 1.82) is 0 Å². The van der Waals surface area contributed by atoms with Crippen LogP contribution in [0.15, 0.2) is 48.5 Å². The summed E-state index contributed by atoms with van der Waals surface area (Å²) < 4.78 is 30.3. The topological polar surface area (TPSA) is 86.3 Å². The third-order valence-electron chi connectivity index (χ3n) is 6.47. The molecule has 38 heavy (non-hydrogen) atoms. The van der Waals surface area contributed by atoms with Gasteiger partial charge in [0.1, 0.15) is 18.8 Å². The summed E-state index contributed by atoms with van der Waals surface area (Å²) in [7, 11) is 0. The van der Waals surface area contributed by atoms with E-state index in [-0.39, 0.29) is 42.8 Å². The number of ether oxygens (including phenoxy) is 5. The van der Waals surface area contributed by atoms with Crippen molar-refractivity contribution in [2.24, 2.45) is 0 Å². The van der Waals surface area contributed by atoms with E-state index in [0.717, 1.165) is 19.3 Å². The summed E-state index contributed by atoms with van der Waals surface area (Å²) in [5.74, 6) is 1.14. The maximum Gasteiger partial charge on any atom is 1.00 e. The van der Waals surface area contributed by atoms with E-state index in [9.17, 15) is 9.90 Å². The van der Waals surface area contributed by atoms with E-state index in [1.54, 1.807) is 0 Å². The minimum absolute atomic E-state index is 0. The zero-order chi connectivity index (χ0) is 26.2. The molecule has 0 saturated carbocycles. The van der Waals surface area contributed by atoms with Gasteiger partial charge in [0, 0.05) is 6.42 Å². The van der Waals surface area contributed by atoms with Crippen molar-refractivity contribution in [2.45, 2.75) is 76.7 Å². The van der Waals surface area contributed by atoms with Gasteiger partial charge in [0.15, 0.2) is 23.0 Å². The van der Waals surface area contributed by atoms with E-state index in [1.165, 1.54) is 32.1 Å². The maximum absolute atomic E-state index is 11.4. The van der Waals surface area contributed by atoms with Gasteiger partial charge in [-0.1, -0.05) is 82.6 Å². The molecule has 1 heterocycles. The number of carboxylic acids is 1. The summed E-state index contributed by atoms with van der Waals surface area (Å²) in [5.41, 5.74) is -0.993. The molecule has 0 unspecified atom stereocenters. The molecular weight excluding hydrogens is 495 g/mol. The zero-order valence-corrected chi connectivity index (χ0v) is 25.1. The molecule has 0 aromatic heterocycles. The quantitative estimate of drug-likeness (QED) is 0.304. The van der Waals surface area contributed by atoms with Crippen LogP contribution in [0.25, 0.3) is 0 Å². The van der Waals surface area contributed by atoms with E-state index in [4.69, 9.17) is 23.7 Å². The molecule has 0 fully saturated rings. The molecule has 2 aromatic rings. The van der Waals surface area contributed by atoms with Crippen molar-refractivity contribution < 1.29 is 63.1 Å². The third kappa shape index (κ3) is 11.4. The molecule has 1 aliphatic heterocycles. The van der Waals surface area contributed by atoms with Crippen LogP contribution in [-0.4, -0.2) is 44.6 Å². The SMILES string of the molecule is CCCCCCCCCCC1(OCC(=O)[O-])COc2ccccc2OCCCOc2ccccc2OC1.[Na+]. The fourth-order valence-electron chi connectivity index (χ4n) is 4.35. The summed E-state index contributed by atoms with van der Waals surface area (Å²) in [6.45, 7) is 2.83. The molecule has 0 aliphatic carbocycles. The number of carbonyl (C=O) groups is 1. The Morgan fingerprint density at radius 3 is 1.68 bits per heavy atom. The molecule has 1 aliphatic rings. The van der Waals surface area contributed by atoms with Crippen molar-refractivity contribution in [3.05, 3.63) is 48.5 Å². The standard InChI is InChI=1S/C30H42O7.Na/c1-2-3-4-5-6-7-8-13-19-30(37-22-29(31)32)23-35-27-17-11-9-15-25(27)33-20-14-21-34-26-16-10-12-18-28(26)36-24-30;/h9-12,15-18H,2-8,13-14,19-24H2,1H3,(H,31,32);/q;+1/p-1. The molecule has 2 aromatic carbocycles. The largest absolute Gasteiger partial charge is 1.00 e. The van der Waals surface area contributed by atoms with Crippen molar-refractivity contribution in [3.8, 4) is 23.0 Å². The Morgan fingerprint density at radius 2 is 1.21 bits per heavy atom. The number of fused-ring (bicyclic) bond motifs is 2. The molecular formula is C30H41NaO7. The van der Waals surface area contributed by atoms with Gasteiger partial charge in [0.2, 0.25) is 0 Å². The smallest absolute Gasteiger partial charge is 0.548 e. The van der Waals surface area contributed by atoms with Crippen molar-refractivity contribution in [2.75, 3.05) is 33.0 Å². The Balaban J connectivity index is 0.00000507. The van der Waals surface area contributed by atoms with Crippen LogP contribution in [0.3, 0.4) is 0 Å². The van der Waals surface area contributed by atoms with Crippen LogP contribution in [0, 0.1) is 0 Å². The molecule has 0 N–H and O–H groups in total. The van der Waals surface area contributed by atoms with Gasteiger partial charge in [-0.2, -0.15) is 0 Å². The van der Waals surface area contributed by atoms with Crippen LogP contribution >= 0.6 is 0 Å². The second-order valence-corrected chi connectivity index (χ2v) is 9.59. The Labute approximate surface area is 249 Å². The molecule has 0 spiro atoms. The van der Waals surface area contributed by atoms with Crippen molar-refractivity contribution in [3.63, 3.8) is 0 Å². The third-order valence-corrected chi connectivity index (χ3v) is 6.47. The van der Waals surface area contributed by atoms with Crippen LogP contribution in [0.1, 0.15) is 71.1 Å². The predicted molar refractivity (Wildman–Crippen MR) is 140 cm³/mol. The first kappa shape index (κ1) is 32.3. The molecule has 3 rings (SSSR count). The normalized spacial score (nSPS) is 15.1. The molecule has 204 valence electrons. The number of carbonyl (C=O) groups excluding carboxylic acids is 1. The van der Waals surface area contributed by atoms with Gasteiger partial charge >= 0.3 is 29.6 Å². The van der Waals surface area contributed by atoms with Crippen LogP contribution < -0.4 is 53.6 Å². The Bertz CT molecular complexity index is 883. The molecule has 0 bridgehead atoms. The Morgan fingerprint density at radius 1 is 0.763 bits per heavy atom. The fraction of sp³-hybridized carbons (Fsp3) is 0.567. The van der Waals surface area contributed by atoms with Gasteiger partial charge in [-0.05, 0) is 30.7 Å². The number of rotatable bonds is 12. The van der Waals surface area contributed by atoms with E-state index in [0.29, 0.717) is 49.1 Å². The summed E-state index contributed by atoms with van der Waals surface area (Å²) in [6.07, 6.45) is 10.6. The molecule has 0 saturated heterocycles. The summed E-state index contributed by atoms with van der Waals surface area (Å²) in [6, 6.07) is 14.9. The fourth-order valence-corrected chi connectivity index (χ4v) is 4.35. The molecule has 0 amide bonds. The van der Waals surface area contributed by atoms with Crippen LogP contribution in [0.2, 0.25) is 0 Å². The van der Waals surface area contributed by atoms with E-state index < -0.39 is 18.2 Å². The van der Waals surface area contributed by atoms with Crippen molar-refractivity contribution >= 4 is 5.97 Å². The first-order valence-corrected chi connectivity index (χ1v) is 13.6. The number of benzene rings is 2. The average molecular weight is 537 g/mol. The minimum Gasteiger partial charge on any atom is -0.548 e. The van der Waals surface area contributed by atoms with Crippen molar-refractivity contribution in [1.82, 2.24) is 0 Å². The van der Waals surface area contributed by atoms with Gasteiger partial charge in [-0.15, -0.1) is 0 Å². The summed E-state index contributed by atoms with van der Waals surface area (Å²) >= 11 is 0. The number of unbranched alkanes of at least 4 members (excludes halogenated alkanes) is 7. The summed E-state index contributed by atoms with van der Waals surface area (Å²) in [4.78, 5) is 11.4. The number of para-hydroxylation sites is 4. The first-order valence-electron chi connectivity index (χ1n) is 13.6. The second-order valence-electron chi connectivity index (χ2n) is 9.59. The van der Waals surface area contributed by atoms with Gasteiger partial charge in [-0.3, -0.25) is 0 Å². The van der Waals surface area contributed by atoms with E-state index in [2.05, 4.69) is 6.92 Å². The van der Waals surface area contributed by atoms with Gasteiger partial charge in [0.05, 0.1) is 25.8 Å². The van der Waals surface area contributed by atoms with Gasteiger partial charge < -0.3 is 33.6 Å². The van der Waals surface area contributed by atoms with Gasteiger partial charge in [0.25, 0.3) is 0 Å². The second kappa shape index (κ2) is 18.4. The van der Waals surface area contributed by atoms with E-state index >= 15 is 0 Å². The molecule has 7 nitrogen and oxygen atoms in total. The Kier molecular flexibility index (Phi) is 15.6. The molecule has 8 heteroatoms. The average Bonchev–Trinajstić information content (AvgIpc) is 2.91.